The Hall–Kier alpha value is -3.29. The molecule has 4 rings (SSSR count). The van der Waals surface area contributed by atoms with E-state index in [-0.39, 0.29) is 12.0 Å². The summed E-state index contributed by atoms with van der Waals surface area (Å²) in [6.45, 7) is 8.89. The predicted octanol–water partition coefficient (Wildman–Crippen LogP) is 3.11. The molecular formula is C22H27N6O2+. The first kappa shape index (κ1) is 20.0. The zero-order chi connectivity index (χ0) is 21.5. The fraction of sp³-hybridized carbons (Fsp3) is 0.409. The lowest BCUT2D eigenvalue weighted by atomic mass is 10.0. The van der Waals surface area contributed by atoms with Crippen molar-refractivity contribution < 1.29 is 14.2 Å². The molecule has 2 N–H and O–H groups in total. The fourth-order valence-corrected chi connectivity index (χ4v) is 3.61. The van der Waals surface area contributed by atoms with E-state index < -0.39 is 5.60 Å². The Morgan fingerprint density at radius 2 is 2.00 bits per heavy atom. The Balaban J connectivity index is 1.61. The second-order valence-electron chi connectivity index (χ2n) is 8.74. The number of aryl methyl sites for hydroxylation is 1. The highest BCUT2D eigenvalue weighted by atomic mass is 16.6. The fourth-order valence-electron chi connectivity index (χ4n) is 3.61. The molecule has 8 heteroatoms. The van der Waals surface area contributed by atoms with E-state index in [1.165, 1.54) is 11.9 Å². The molecule has 2 aliphatic heterocycles. The lowest BCUT2D eigenvalue weighted by Crippen LogP contribution is -2.35. The van der Waals surface area contributed by atoms with Gasteiger partial charge in [-0.15, -0.1) is 4.68 Å². The van der Waals surface area contributed by atoms with Gasteiger partial charge in [0.1, 0.15) is 28.9 Å². The van der Waals surface area contributed by atoms with Gasteiger partial charge in [0.15, 0.2) is 0 Å². The third kappa shape index (κ3) is 4.03. The van der Waals surface area contributed by atoms with E-state index in [1.807, 2.05) is 58.2 Å². The Morgan fingerprint density at radius 1 is 1.27 bits per heavy atom. The van der Waals surface area contributed by atoms with Crippen LogP contribution in [0.4, 0.5) is 16.4 Å². The maximum absolute atomic E-state index is 12.4. The van der Waals surface area contributed by atoms with Gasteiger partial charge >= 0.3 is 11.9 Å². The van der Waals surface area contributed by atoms with Crippen LogP contribution in [0.5, 0.6) is 0 Å². The normalized spacial score (nSPS) is 19.7. The molecule has 8 nitrogen and oxygen atoms in total. The van der Waals surface area contributed by atoms with Gasteiger partial charge in [0.25, 0.3) is 0 Å². The monoisotopic (exact) mass is 407 g/mol. The van der Waals surface area contributed by atoms with E-state index in [9.17, 15) is 4.79 Å². The number of amides is 1. The summed E-state index contributed by atoms with van der Waals surface area (Å²) in [5, 5.41) is 4.79. The highest BCUT2D eigenvalue weighted by Crippen LogP contribution is 2.31. The second-order valence-corrected chi connectivity index (χ2v) is 8.74. The van der Waals surface area contributed by atoms with E-state index >= 15 is 0 Å². The molecule has 1 fully saturated rings. The maximum atomic E-state index is 12.4. The van der Waals surface area contributed by atoms with Gasteiger partial charge < -0.3 is 15.4 Å². The number of nitrogen functional groups attached to an aromatic ring is 1. The van der Waals surface area contributed by atoms with Crippen molar-refractivity contribution in [2.24, 2.45) is 11.0 Å². The number of hydrogen-bond donors (Lipinski definition) is 1. The Labute approximate surface area is 176 Å². The molecule has 0 spiro atoms. The molecule has 3 heterocycles. The van der Waals surface area contributed by atoms with Gasteiger partial charge in [-0.05, 0) is 39.1 Å². The Morgan fingerprint density at radius 3 is 2.70 bits per heavy atom. The van der Waals surface area contributed by atoms with Crippen LogP contribution in [-0.4, -0.2) is 56.3 Å². The van der Waals surface area contributed by atoms with Gasteiger partial charge in [-0.3, -0.25) is 0 Å². The Kier molecular flexibility index (Phi) is 5.01. The van der Waals surface area contributed by atoms with Gasteiger partial charge in [-0.1, -0.05) is 34.9 Å². The standard InChI is InChI=1S/C22H27N6O2/c1-14-5-7-16(8-6-14)18-17-19(23)24-13-25-20(17)28(26-18)12-15-9-10-27(11-15)21(29)30-22(2,3)4/h5-8,12-13,15H,9-11H2,1-4H3,(H2,23,24,25)/q+1. The maximum Gasteiger partial charge on any atom is 0.410 e. The number of likely N-dealkylation sites (tertiary alicyclic amines) is 1. The van der Waals surface area contributed by atoms with Crippen molar-refractivity contribution >= 4 is 29.7 Å². The molecule has 1 atom stereocenters. The first-order valence-corrected chi connectivity index (χ1v) is 10.1. The zero-order valence-electron chi connectivity index (χ0n) is 17.8. The number of hydrazone groups is 1. The number of ether oxygens (including phenoxy) is 1. The summed E-state index contributed by atoms with van der Waals surface area (Å²) in [6, 6.07) is 8.13. The van der Waals surface area contributed by atoms with E-state index in [0.717, 1.165) is 23.3 Å². The number of carbonyl (C=O) groups is 1. The molecule has 2 aromatic rings. The molecule has 2 aliphatic rings. The van der Waals surface area contributed by atoms with Gasteiger partial charge in [-0.2, -0.15) is 4.98 Å². The molecule has 1 amide bonds. The van der Waals surface area contributed by atoms with Crippen molar-refractivity contribution in [3.63, 3.8) is 0 Å². The third-order valence-electron chi connectivity index (χ3n) is 5.07. The first-order valence-electron chi connectivity index (χ1n) is 10.1. The van der Waals surface area contributed by atoms with Crippen LogP contribution in [0, 0.1) is 12.8 Å². The molecule has 156 valence electrons. The van der Waals surface area contributed by atoms with Gasteiger partial charge in [0.05, 0.1) is 0 Å². The number of carbonyl (C=O) groups excluding carboxylic acids is 1. The van der Waals surface area contributed by atoms with Crippen LogP contribution < -0.4 is 5.73 Å². The number of hydrogen-bond acceptors (Lipinski definition) is 6. The van der Waals surface area contributed by atoms with Crippen molar-refractivity contribution in [2.45, 2.75) is 39.7 Å². The molecule has 0 bridgehead atoms. The van der Waals surface area contributed by atoms with Crippen LogP contribution in [0.25, 0.3) is 0 Å². The Bertz CT molecular complexity index is 1040. The summed E-state index contributed by atoms with van der Waals surface area (Å²) in [5.41, 5.74) is 9.29. The molecule has 0 saturated carbocycles. The van der Waals surface area contributed by atoms with Crippen molar-refractivity contribution in [1.29, 1.82) is 0 Å². The van der Waals surface area contributed by atoms with Crippen LogP contribution in [0.2, 0.25) is 0 Å². The molecule has 30 heavy (non-hydrogen) atoms. The predicted molar refractivity (Wildman–Crippen MR) is 115 cm³/mol. The summed E-state index contributed by atoms with van der Waals surface area (Å²) in [5.74, 6) is 1.20. The smallest absolute Gasteiger partial charge is 0.410 e. The minimum Gasteiger partial charge on any atom is -0.444 e. The highest BCUT2D eigenvalue weighted by Gasteiger charge is 2.35. The van der Waals surface area contributed by atoms with Crippen LogP contribution in [0.1, 0.15) is 43.9 Å². The van der Waals surface area contributed by atoms with Crippen LogP contribution in [0.3, 0.4) is 0 Å². The highest BCUT2D eigenvalue weighted by molar-refractivity contribution is 6.18. The molecule has 1 saturated heterocycles. The number of nitrogens with two attached hydrogens (primary N) is 1. The average molecular weight is 407 g/mol. The van der Waals surface area contributed by atoms with E-state index in [2.05, 4.69) is 9.97 Å². The first-order chi connectivity index (χ1) is 14.2. The molecule has 0 radical (unpaired) electrons. The topological polar surface area (TPSA) is 96.7 Å². The molecule has 0 aliphatic carbocycles. The van der Waals surface area contributed by atoms with Crippen molar-refractivity contribution in [3.05, 3.63) is 47.3 Å². The van der Waals surface area contributed by atoms with Crippen LogP contribution in [0.15, 0.2) is 35.7 Å². The molecular weight excluding hydrogens is 380 g/mol. The number of anilines is 1. The number of nitrogens with zero attached hydrogens (tertiary/aromatic N) is 5. The SMILES string of the molecule is Cc1ccc(C2=N[N+](=CC3CCN(C(=O)OC(C)(C)C)C3)c3ncnc(N)c32)cc1. The number of aromatic nitrogens is 2. The van der Waals surface area contributed by atoms with Crippen LogP contribution >= 0.6 is 0 Å². The quantitative estimate of drug-likeness (QED) is 0.772. The van der Waals surface area contributed by atoms with Crippen LogP contribution in [-0.2, 0) is 4.74 Å². The molecule has 1 aromatic heterocycles. The summed E-state index contributed by atoms with van der Waals surface area (Å²) >= 11 is 0. The van der Waals surface area contributed by atoms with Gasteiger partial charge in [-0.25, -0.2) is 4.79 Å². The number of fused-ring (bicyclic) bond motifs is 1. The van der Waals surface area contributed by atoms with Crippen molar-refractivity contribution in [3.8, 4) is 0 Å². The largest absolute Gasteiger partial charge is 0.444 e. The van der Waals surface area contributed by atoms with Gasteiger partial charge in [0, 0.05) is 24.6 Å². The minimum absolute atomic E-state index is 0.141. The lowest BCUT2D eigenvalue weighted by molar-refractivity contribution is -0.442. The third-order valence-corrected chi connectivity index (χ3v) is 5.07. The number of rotatable bonds is 2. The van der Waals surface area contributed by atoms with Gasteiger partial charge in [0.2, 0.25) is 6.33 Å². The van der Waals surface area contributed by atoms with Crippen molar-refractivity contribution in [2.75, 3.05) is 18.8 Å². The average Bonchev–Trinajstić information content (AvgIpc) is 3.28. The summed E-state index contributed by atoms with van der Waals surface area (Å²) in [4.78, 5) is 22.7. The lowest BCUT2D eigenvalue weighted by Gasteiger charge is -2.24. The summed E-state index contributed by atoms with van der Waals surface area (Å²) < 4.78 is 7.26. The van der Waals surface area contributed by atoms with Crippen molar-refractivity contribution in [1.82, 2.24) is 14.9 Å². The summed E-state index contributed by atoms with van der Waals surface area (Å²) in [6.07, 6.45) is 4.01. The minimum atomic E-state index is -0.505. The molecule has 1 unspecified atom stereocenters. The molecule has 1 aromatic carbocycles. The van der Waals surface area contributed by atoms with E-state index in [4.69, 9.17) is 15.6 Å². The number of benzene rings is 1. The summed E-state index contributed by atoms with van der Waals surface area (Å²) in [7, 11) is 0. The van der Waals surface area contributed by atoms with E-state index in [1.54, 1.807) is 9.58 Å². The zero-order valence-corrected chi connectivity index (χ0v) is 17.8. The second kappa shape index (κ2) is 7.51. The van der Waals surface area contributed by atoms with E-state index in [0.29, 0.717) is 24.7 Å².